The van der Waals surface area contributed by atoms with Crippen LogP contribution in [0.15, 0.2) is 49.1 Å². The number of anilines is 1. The van der Waals surface area contributed by atoms with Crippen LogP contribution in [0.2, 0.25) is 0 Å². The number of aliphatic hydroxyl groups is 1. The number of nitrogens with zero attached hydrogens (tertiary/aromatic N) is 5. The molecule has 1 aliphatic heterocycles. The zero-order valence-electron chi connectivity index (χ0n) is 18.3. The molecule has 34 heavy (non-hydrogen) atoms. The minimum atomic E-state index is -1.45. The molecule has 0 radical (unpaired) electrons. The third-order valence-corrected chi connectivity index (χ3v) is 5.77. The van der Waals surface area contributed by atoms with E-state index in [2.05, 4.69) is 19.9 Å². The van der Waals surface area contributed by atoms with E-state index in [0.29, 0.717) is 37.5 Å². The van der Waals surface area contributed by atoms with Gasteiger partial charge in [0.2, 0.25) is 5.88 Å². The van der Waals surface area contributed by atoms with E-state index in [1.165, 1.54) is 44.0 Å². The maximum Gasteiger partial charge on any atom is 0.238 e. The second-order valence-corrected chi connectivity index (χ2v) is 7.71. The van der Waals surface area contributed by atoms with Crippen molar-refractivity contribution in [2.75, 3.05) is 38.3 Å². The first kappa shape index (κ1) is 22.1. The van der Waals surface area contributed by atoms with Crippen molar-refractivity contribution >= 4 is 16.6 Å². The summed E-state index contributed by atoms with van der Waals surface area (Å²) in [5.74, 6) is -1.23. The van der Waals surface area contributed by atoms with Crippen LogP contribution in [0.25, 0.3) is 22.2 Å². The molecular formula is C24H21F2N5O3. The van der Waals surface area contributed by atoms with E-state index in [4.69, 9.17) is 9.47 Å². The quantitative estimate of drug-likeness (QED) is 0.480. The molecule has 0 aliphatic carbocycles. The maximum atomic E-state index is 15.7. The van der Waals surface area contributed by atoms with Crippen LogP contribution in [0, 0.1) is 11.6 Å². The Morgan fingerprint density at radius 1 is 1.06 bits per heavy atom. The Morgan fingerprint density at radius 3 is 2.65 bits per heavy atom. The minimum Gasteiger partial charge on any atom is -0.480 e. The third-order valence-electron chi connectivity index (χ3n) is 5.77. The number of methoxy groups -OCH3 is 1. The molecule has 1 atom stereocenters. The first-order valence-corrected chi connectivity index (χ1v) is 10.7. The molecule has 5 rings (SSSR count). The average Bonchev–Trinajstić information content (AvgIpc) is 2.88. The van der Waals surface area contributed by atoms with Crippen molar-refractivity contribution in [3.8, 4) is 17.1 Å². The van der Waals surface area contributed by atoms with Gasteiger partial charge in [-0.15, -0.1) is 0 Å². The van der Waals surface area contributed by atoms with Crippen LogP contribution in [0.3, 0.4) is 0 Å². The zero-order valence-corrected chi connectivity index (χ0v) is 18.3. The Balaban J connectivity index is 1.60. The lowest BCUT2D eigenvalue weighted by Crippen LogP contribution is -2.36. The first-order chi connectivity index (χ1) is 16.6. The number of benzene rings is 2. The Kier molecular flexibility index (Phi) is 5.99. The van der Waals surface area contributed by atoms with Gasteiger partial charge in [0.05, 0.1) is 36.9 Å². The lowest BCUT2D eigenvalue weighted by Gasteiger charge is -2.29. The molecule has 0 spiro atoms. The van der Waals surface area contributed by atoms with Crippen molar-refractivity contribution in [1.82, 2.24) is 19.9 Å². The number of hydrogen-bond donors (Lipinski definition) is 1. The number of fused-ring (bicyclic) bond motifs is 1. The van der Waals surface area contributed by atoms with Gasteiger partial charge >= 0.3 is 0 Å². The molecule has 4 aromatic rings. The summed E-state index contributed by atoms with van der Waals surface area (Å²) in [6, 6.07) is 7.63. The van der Waals surface area contributed by atoms with Gasteiger partial charge in [0.1, 0.15) is 29.8 Å². The van der Waals surface area contributed by atoms with Gasteiger partial charge in [-0.2, -0.15) is 0 Å². The van der Waals surface area contributed by atoms with Gasteiger partial charge in [0.25, 0.3) is 0 Å². The predicted octanol–water partition coefficient (Wildman–Crippen LogP) is 3.29. The lowest BCUT2D eigenvalue weighted by molar-refractivity contribution is 0.122. The molecule has 10 heteroatoms. The Labute approximate surface area is 193 Å². The van der Waals surface area contributed by atoms with Crippen LogP contribution in [-0.4, -0.2) is 58.5 Å². The summed E-state index contributed by atoms with van der Waals surface area (Å²) < 4.78 is 41.6. The third kappa shape index (κ3) is 3.91. The molecule has 2 aromatic carbocycles. The number of rotatable bonds is 5. The second-order valence-electron chi connectivity index (χ2n) is 7.71. The van der Waals surface area contributed by atoms with Crippen LogP contribution in [0.5, 0.6) is 5.88 Å². The number of hydrogen-bond acceptors (Lipinski definition) is 8. The normalized spacial score (nSPS) is 14.9. The Bertz CT molecular complexity index is 1350. The number of aliphatic hydroxyl groups excluding tert-OH is 1. The van der Waals surface area contributed by atoms with Gasteiger partial charge < -0.3 is 19.5 Å². The molecule has 174 valence electrons. The summed E-state index contributed by atoms with van der Waals surface area (Å²) in [5, 5.41) is 11.0. The lowest BCUT2D eigenvalue weighted by atomic mass is 9.98. The standard InChI is InChI=1S/C24H21F2N5O3/c1-33-24-22(27-5-6-28-24)23(32)16-4-2-3-15(20(16)26)21-19-17(25)11-14(12-18(19)29-13-30-21)31-7-9-34-10-8-31/h2-6,11-13,23,32H,7-10H2,1H3. The van der Waals surface area contributed by atoms with Crippen LogP contribution < -0.4 is 9.64 Å². The molecule has 8 nitrogen and oxygen atoms in total. The molecule has 3 heterocycles. The van der Waals surface area contributed by atoms with Gasteiger partial charge in [-0.3, -0.25) is 4.98 Å². The van der Waals surface area contributed by atoms with Crippen molar-refractivity contribution in [1.29, 1.82) is 0 Å². The van der Waals surface area contributed by atoms with E-state index in [9.17, 15) is 5.11 Å². The number of morpholine rings is 1. The Morgan fingerprint density at radius 2 is 1.85 bits per heavy atom. The zero-order chi connectivity index (χ0) is 23.7. The fraction of sp³-hybridized carbons (Fsp3) is 0.250. The minimum absolute atomic E-state index is 0.0322. The summed E-state index contributed by atoms with van der Waals surface area (Å²) in [6.07, 6.45) is 2.61. The molecule has 1 N–H and O–H groups in total. The molecule has 1 unspecified atom stereocenters. The number of ether oxygens (including phenoxy) is 2. The maximum absolute atomic E-state index is 15.7. The monoisotopic (exact) mass is 465 g/mol. The van der Waals surface area contributed by atoms with Crippen molar-refractivity contribution < 1.29 is 23.4 Å². The molecule has 0 amide bonds. The van der Waals surface area contributed by atoms with Crippen molar-refractivity contribution in [3.05, 3.63) is 71.9 Å². The fourth-order valence-electron chi connectivity index (χ4n) is 4.11. The largest absolute Gasteiger partial charge is 0.480 e. The molecule has 1 aliphatic rings. The van der Waals surface area contributed by atoms with Gasteiger partial charge in [0.15, 0.2) is 0 Å². The summed E-state index contributed by atoms with van der Waals surface area (Å²) in [7, 11) is 1.38. The van der Waals surface area contributed by atoms with Crippen molar-refractivity contribution in [2.24, 2.45) is 0 Å². The summed E-state index contributed by atoms with van der Waals surface area (Å²) in [6.45, 7) is 2.41. The van der Waals surface area contributed by atoms with Crippen LogP contribution in [-0.2, 0) is 4.74 Å². The highest BCUT2D eigenvalue weighted by molar-refractivity contribution is 5.94. The summed E-state index contributed by atoms with van der Waals surface area (Å²) >= 11 is 0. The summed E-state index contributed by atoms with van der Waals surface area (Å²) in [5.41, 5.74) is 1.16. The Hall–Kier alpha value is -3.76. The number of halogens is 2. The first-order valence-electron chi connectivity index (χ1n) is 10.7. The predicted molar refractivity (Wildman–Crippen MR) is 121 cm³/mol. The van der Waals surface area contributed by atoms with Crippen LogP contribution >= 0.6 is 0 Å². The van der Waals surface area contributed by atoms with E-state index >= 15 is 8.78 Å². The SMILES string of the molecule is COc1nccnc1C(O)c1cccc(-c2ncnc3cc(N4CCOCC4)cc(F)c23)c1F. The molecule has 0 saturated carbocycles. The average molecular weight is 465 g/mol. The van der Waals surface area contributed by atoms with E-state index in [0.717, 1.165) is 0 Å². The number of aromatic nitrogens is 4. The highest BCUT2D eigenvalue weighted by Crippen LogP contribution is 2.36. The van der Waals surface area contributed by atoms with Crippen LogP contribution in [0.1, 0.15) is 17.4 Å². The van der Waals surface area contributed by atoms with E-state index < -0.39 is 17.7 Å². The van der Waals surface area contributed by atoms with E-state index in [1.54, 1.807) is 12.1 Å². The molecule has 2 aromatic heterocycles. The van der Waals surface area contributed by atoms with Gasteiger partial charge in [-0.25, -0.2) is 23.7 Å². The topological polar surface area (TPSA) is 93.5 Å². The van der Waals surface area contributed by atoms with Crippen LogP contribution in [0.4, 0.5) is 14.5 Å². The summed E-state index contributed by atoms with van der Waals surface area (Å²) in [4.78, 5) is 18.5. The van der Waals surface area contributed by atoms with Gasteiger partial charge in [0, 0.05) is 42.3 Å². The molecule has 0 bridgehead atoms. The molecule has 1 fully saturated rings. The van der Waals surface area contributed by atoms with Gasteiger partial charge in [-0.1, -0.05) is 12.1 Å². The van der Waals surface area contributed by atoms with E-state index in [-0.39, 0.29) is 33.8 Å². The van der Waals surface area contributed by atoms with Crippen molar-refractivity contribution in [3.63, 3.8) is 0 Å². The molecule has 1 saturated heterocycles. The smallest absolute Gasteiger partial charge is 0.238 e. The second kappa shape index (κ2) is 9.24. The van der Waals surface area contributed by atoms with E-state index in [1.807, 2.05) is 4.90 Å². The molecular weight excluding hydrogens is 444 g/mol. The highest BCUT2D eigenvalue weighted by Gasteiger charge is 2.25. The van der Waals surface area contributed by atoms with Crippen molar-refractivity contribution in [2.45, 2.75) is 6.10 Å². The van der Waals surface area contributed by atoms with Gasteiger partial charge in [-0.05, 0) is 18.2 Å². The fourth-order valence-corrected chi connectivity index (χ4v) is 4.11. The highest BCUT2D eigenvalue weighted by atomic mass is 19.1.